The molecule has 0 aliphatic carbocycles. The van der Waals surface area contributed by atoms with Gasteiger partial charge in [0.15, 0.2) is 0 Å². The van der Waals surface area contributed by atoms with E-state index in [9.17, 15) is 0 Å². The third kappa shape index (κ3) is 2.44. The first kappa shape index (κ1) is 12.5. The zero-order chi connectivity index (χ0) is 13.9. The number of nitrogens with zero attached hydrogens (tertiary/aromatic N) is 3. The van der Waals surface area contributed by atoms with E-state index in [0.717, 1.165) is 11.3 Å². The Labute approximate surface area is 116 Å². The normalized spacial score (nSPS) is 12.3. The molecular formula is C15H14N4O. The van der Waals surface area contributed by atoms with Crippen molar-refractivity contribution < 1.29 is 4.52 Å². The Morgan fingerprint density at radius 2 is 1.80 bits per heavy atom. The lowest BCUT2D eigenvalue weighted by Gasteiger charge is -2.05. The van der Waals surface area contributed by atoms with Crippen molar-refractivity contribution in [1.82, 2.24) is 15.1 Å². The van der Waals surface area contributed by atoms with Crippen LogP contribution >= 0.6 is 0 Å². The van der Waals surface area contributed by atoms with Crippen molar-refractivity contribution in [1.29, 1.82) is 0 Å². The Hall–Kier alpha value is -2.53. The maximum absolute atomic E-state index is 6.12. The first-order valence-corrected chi connectivity index (χ1v) is 6.32. The van der Waals surface area contributed by atoms with E-state index in [1.54, 1.807) is 0 Å². The molecular weight excluding hydrogens is 252 g/mol. The molecule has 5 heteroatoms. The number of pyridine rings is 1. The summed E-state index contributed by atoms with van der Waals surface area (Å²) in [6.07, 6.45) is 0. The Morgan fingerprint density at radius 3 is 2.55 bits per heavy atom. The van der Waals surface area contributed by atoms with Crippen LogP contribution in [-0.4, -0.2) is 15.1 Å². The van der Waals surface area contributed by atoms with Gasteiger partial charge in [-0.3, -0.25) is 0 Å². The van der Waals surface area contributed by atoms with Crippen molar-refractivity contribution in [3.8, 4) is 11.5 Å². The van der Waals surface area contributed by atoms with Crippen LogP contribution in [0.15, 0.2) is 53.1 Å². The molecule has 2 heterocycles. The number of rotatable bonds is 3. The number of benzene rings is 1. The monoisotopic (exact) mass is 266 g/mol. The lowest BCUT2D eigenvalue weighted by atomic mass is 10.1. The number of aryl methyl sites for hydroxylation is 1. The largest absolute Gasteiger partial charge is 0.337 e. The van der Waals surface area contributed by atoms with Crippen LogP contribution in [0.5, 0.6) is 0 Å². The molecule has 0 unspecified atom stereocenters. The van der Waals surface area contributed by atoms with Crippen molar-refractivity contribution in [2.45, 2.75) is 13.0 Å². The molecule has 0 aliphatic rings. The molecule has 1 atom stereocenters. The first-order chi connectivity index (χ1) is 9.74. The van der Waals surface area contributed by atoms with E-state index in [4.69, 9.17) is 10.3 Å². The third-order valence-corrected chi connectivity index (χ3v) is 2.98. The van der Waals surface area contributed by atoms with Crippen molar-refractivity contribution in [3.05, 3.63) is 65.7 Å². The molecule has 3 rings (SSSR count). The lowest BCUT2D eigenvalue weighted by molar-refractivity contribution is 0.367. The van der Waals surface area contributed by atoms with Gasteiger partial charge in [0.1, 0.15) is 11.7 Å². The van der Waals surface area contributed by atoms with E-state index in [0.29, 0.717) is 17.4 Å². The summed E-state index contributed by atoms with van der Waals surface area (Å²) in [5.41, 5.74) is 8.64. The van der Waals surface area contributed by atoms with Gasteiger partial charge in [-0.25, -0.2) is 4.98 Å². The third-order valence-electron chi connectivity index (χ3n) is 2.98. The van der Waals surface area contributed by atoms with E-state index < -0.39 is 6.04 Å². The van der Waals surface area contributed by atoms with E-state index in [2.05, 4.69) is 15.1 Å². The van der Waals surface area contributed by atoms with Crippen LogP contribution in [0.2, 0.25) is 0 Å². The predicted molar refractivity (Wildman–Crippen MR) is 74.7 cm³/mol. The molecule has 100 valence electrons. The topological polar surface area (TPSA) is 77.8 Å². The summed E-state index contributed by atoms with van der Waals surface area (Å²) in [6, 6.07) is 14.9. The highest BCUT2D eigenvalue weighted by atomic mass is 16.5. The zero-order valence-electron chi connectivity index (χ0n) is 11.0. The van der Waals surface area contributed by atoms with Gasteiger partial charge in [-0.1, -0.05) is 41.6 Å². The molecule has 2 N–H and O–H groups in total. The minimum absolute atomic E-state index is 0.384. The van der Waals surface area contributed by atoms with Crippen molar-refractivity contribution in [2.75, 3.05) is 0 Å². The van der Waals surface area contributed by atoms with Gasteiger partial charge in [0, 0.05) is 5.69 Å². The summed E-state index contributed by atoms with van der Waals surface area (Å²) in [5, 5.41) is 3.95. The molecule has 2 aromatic heterocycles. The summed E-state index contributed by atoms with van der Waals surface area (Å²) in [4.78, 5) is 8.70. The lowest BCUT2D eigenvalue weighted by Crippen LogP contribution is -2.12. The van der Waals surface area contributed by atoms with Crippen LogP contribution in [0.25, 0.3) is 11.5 Å². The molecule has 0 radical (unpaired) electrons. The standard InChI is InChI=1S/C15H14N4O/c1-10-6-5-9-12(17-10)14-18-15(20-19-14)13(16)11-7-3-2-4-8-11/h2-9,13H,16H2,1H3/t13-/m1/s1. The second kappa shape index (κ2) is 5.22. The fraction of sp³-hybridized carbons (Fsp3) is 0.133. The molecule has 0 amide bonds. The van der Waals surface area contributed by atoms with Crippen molar-refractivity contribution >= 4 is 0 Å². The summed E-state index contributed by atoms with van der Waals surface area (Å²) in [7, 11) is 0. The van der Waals surface area contributed by atoms with Gasteiger partial charge in [-0.15, -0.1) is 0 Å². The molecule has 1 aromatic carbocycles. The van der Waals surface area contributed by atoms with Gasteiger partial charge in [-0.2, -0.15) is 4.98 Å². The summed E-state index contributed by atoms with van der Waals surface area (Å²) in [6.45, 7) is 1.92. The summed E-state index contributed by atoms with van der Waals surface area (Å²) < 4.78 is 5.25. The van der Waals surface area contributed by atoms with E-state index in [1.165, 1.54) is 0 Å². The van der Waals surface area contributed by atoms with E-state index in [-0.39, 0.29) is 0 Å². The molecule has 0 fully saturated rings. The van der Waals surface area contributed by atoms with Gasteiger partial charge in [0.2, 0.25) is 11.7 Å². The Kier molecular flexibility index (Phi) is 3.26. The molecule has 0 saturated carbocycles. The molecule has 0 bridgehead atoms. The zero-order valence-corrected chi connectivity index (χ0v) is 11.0. The van der Waals surface area contributed by atoms with Crippen LogP contribution < -0.4 is 5.73 Å². The van der Waals surface area contributed by atoms with E-state index >= 15 is 0 Å². The maximum atomic E-state index is 6.12. The summed E-state index contributed by atoms with van der Waals surface area (Å²) >= 11 is 0. The minimum Gasteiger partial charge on any atom is -0.337 e. The number of aromatic nitrogens is 3. The van der Waals surface area contributed by atoms with Gasteiger partial charge in [0.05, 0.1) is 0 Å². The van der Waals surface area contributed by atoms with Crippen LogP contribution in [0.1, 0.15) is 23.2 Å². The average Bonchev–Trinajstić information content (AvgIpc) is 2.97. The fourth-order valence-electron chi connectivity index (χ4n) is 1.94. The SMILES string of the molecule is Cc1cccc(-c2noc([C@H](N)c3ccccc3)n2)n1. The Balaban J connectivity index is 1.91. The molecule has 3 aromatic rings. The van der Waals surface area contributed by atoms with Crippen molar-refractivity contribution in [3.63, 3.8) is 0 Å². The molecule has 5 nitrogen and oxygen atoms in total. The van der Waals surface area contributed by atoms with Gasteiger partial charge >= 0.3 is 0 Å². The smallest absolute Gasteiger partial charge is 0.248 e. The van der Waals surface area contributed by atoms with E-state index in [1.807, 2.05) is 55.5 Å². The van der Waals surface area contributed by atoms with Crippen molar-refractivity contribution in [2.24, 2.45) is 5.73 Å². The first-order valence-electron chi connectivity index (χ1n) is 6.32. The predicted octanol–water partition coefficient (Wildman–Crippen LogP) is 2.49. The van der Waals surface area contributed by atoms with Crippen LogP contribution in [0.3, 0.4) is 0 Å². The molecule has 0 saturated heterocycles. The highest BCUT2D eigenvalue weighted by Crippen LogP contribution is 2.20. The van der Waals surface area contributed by atoms with Crippen LogP contribution in [-0.2, 0) is 0 Å². The highest BCUT2D eigenvalue weighted by molar-refractivity contribution is 5.48. The second-order valence-electron chi connectivity index (χ2n) is 4.51. The minimum atomic E-state index is -0.428. The fourth-order valence-corrected chi connectivity index (χ4v) is 1.94. The second-order valence-corrected chi connectivity index (χ2v) is 4.51. The highest BCUT2D eigenvalue weighted by Gasteiger charge is 2.17. The van der Waals surface area contributed by atoms with Gasteiger partial charge < -0.3 is 10.3 Å². The Bertz CT molecular complexity index is 709. The average molecular weight is 266 g/mol. The quantitative estimate of drug-likeness (QED) is 0.788. The number of nitrogens with two attached hydrogens (primary N) is 1. The number of hydrogen-bond acceptors (Lipinski definition) is 5. The maximum Gasteiger partial charge on any atom is 0.248 e. The van der Waals surface area contributed by atoms with Crippen LogP contribution in [0.4, 0.5) is 0 Å². The molecule has 0 aliphatic heterocycles. The summed E-state index contributed by atoms with van der Waals surface area (Å²) in [5.74, 6) is 0.838. The molecule has 0 spiro atoms. The number of hydrogen-bond donors (Lipinski definition) is 1. The molecule has 20 heavy (non-hydrogen) atoms. The van der Waals surface area contributed by atoms with Gasteiger partial charge in [0.25, 0.3) is 0 Å². The van der Waals surface area contributed by atoms with Crippen LogP contribution in [0, 0.1) is 6.92 Å². The Morgan fingerprint density at radius 1 is 1.00 bits per heavy atom. The van der Waals surface area contributed by atoms with Gasteiger partial charge in [-0.05, 0) is 24.6 Å².